The molecule has 0 radical (unpaired) electrons. The minimum atomic E-state index is -0.290. The predicted molar refractivity (Wildman–Crippen MR) is 104 cm³/mol. The second-order valence-electron chi connectivity index (χ2n) is 6.01. The zero-order valence-electron chi connectivity index (χ0n) is 14.7. The number of hydrogen-bond donors (Lipinski definition) is 2. The molecule has 3 aromatic carbocycles. The van der Waals surface area contributed by atoms with Crippen molar-refractivity contribution in [3.8, 4) is 11.5 Å². The number of hydrogen-bond acceptors (Lipinski definition) is 5. The highest BCUT2D eigenvalue weighted by atomic mass is 16.3. The normalized spacial score (nSPS) is 12.0. The van der Waals surface area contributed by atoms with Crippen molar-refractivity contribution in [3.05, 3.63) is 107 Å². The molecule has 138 valence electrons. The van der Waals surface area contributed by atoms with Crippen LogP contribution in [-0.2, 0) is 0 Å². The molecule has 0 fully saturated rings. The van der Waals surface area contributed by atoms with Crippen LogP contribution in [0.4, 0.5) is 0 Å². The van der Waals surface area contributed by atoms with Gasteiger partial charge in [0.2, 0.25) is 0 Å². The molecule has 0 spiro atoms. The fourth-order valence-electron chi connectivity index (χ4n) is 2.66. The minimum absolute atomic E-state index is 0.0924. The zero-order valence-corrected chi connectivity index (χ0v) is 14.7. The molecule has 5 nitrogen and oxygen atoms in total. The highest BCUT2D eigenvalue weighted by molar-refractivity contribution is 6.21. The van der Waals surface area contributed by atoms with Crippen molar-refractivity contribution in [2.24, 2.45) is 0 Å². The average Bonchev–Trinajstić information content (AvgIpc) is 2.73. The van der Waals surface area contributed by atoms with Crippen LogP contribution in [0.25, 0.3) is 0 Å². The summed E-state index contributed by atoms with van der Waals surface area (Å²) < 4.78 is 0. The first-order chi connectivity index (χ1) is 13.5. The number of allylic oxidation sites excluding steroid dienone is 2. The molecule has 3 aromatic rings. The Balaban J connectivity index is 0.000000167. The molecule has 5 heteroatoms. The lowest BCUT2D eigenvalue weighted by Gasteiger charge is -2.06. The van der Waals surface area contributed by atoms with Gasteiger partial charge in [-0.25, -0.2) is 0 Å². The molecule has 0 heterocycles. The van der Waals surface area contributed by atoms with Gasteiger partial charge in [-0.3, -0.25) is 14.4 Å². The van der Waals surface area contributed by atoms with Gasteiger partial charge in [0.25, 0.3) is 0 Å². The lowest BCUT2D eigenvalue weighted by Crippen LogP contribution is -2.10. The van der Waals surface area contributed by atoms with Crippen LogP contribution in [0.3, 0.4) is 0 Å². The number of ketones is 3. The third-order valence-corrected chi connectivity index (χ3v) is 4.12. The maximum Gasteiger partial charge on any atom is 0.193 e. The van der Waals surface area contributed by atoms with Gasteiger partial charge >= 0.3 is 0 Å². The highest BCUT2D eigenvalue weighted by Gasteiger charge is 2.17. The van der Waals surface area contributed by atoms with Crippen molar-refractivity contribution in [2.45, 2.75) is 0 Å². The number of rotatable bonds is 2. The van der Waals surface area contributed by atoms with Gasteiger partial charge in [0.05, 0.1) is 0 Å². The Hall–Kier alpha value is -3.99. The summed E-state index contributed by atoms with van der Waals surface area (Å²) in [4.78, 5) is 34.3. The van der Waals surface area contributed by atoms with Crippen LogP contribution in [0, 0.1) is 0 Å². The molecule has 1 aliphatic carbocycles. The molecular weight excluding hydrogens is 356 g/mol. The standard InChI is InChI=1S/C13H10O3.C10H6O2/c14-11-7-6-10(8-12(11)15)13(16)9-4-2-1-3-5-9;11-9-5-6-10(12)8-4-2-1-3-7(8)9/h1-8,14-15H;1-6H. The summed E-state index contributed by atoms with van der Waals surface area (Å²) in [7, 11) is 0. The Kier molecular flexibility index (Phi) is 5.46. The Bertz CT molecular complexity index is 1040. The van der Waals surface area contributed by atoms with Crippen LogP contribution < -0.4 is 0 Å². The molecule has 0 saturated heterocycles. The van der Waals surface area contributed by atoms with Gasteiger partial charge < -0.3 is 10.2 Å². The van der Waals surface area contributed by atoms with Crippen LogP contribution in [0.1, 0.15) is 36.6 Å². The van der Waals surface area contributed by atoms with E-state index in [0.29, 0.717) is 22.3 Å². The van der Waals surface area contributed by atoms with Gasteiger partial charge in [-0.15, -0.1) is 0 Å². The number of fused-ring (bicyclic) bond motifs is 1. The van der Waals surface area contributed by atoms with Gasteiger partial charge in [-0.1, -0.05) is 54.6 Å². The van der Waals surface area contributed by atoms with Crippen molar-refractivity contribution >= 4 is 17.3 Å². The summed E-state index contributed by atoms with van der Waals surface area (Å²) in [5.41, 5.74) is 1.91. The zero-order chi connectivity index (χ0) is 20.1. The van der Waals surface area contributed by atoms with Crippen molar-refractivity contribution < 1.29 is 24.6 Å². The van der Waals surface area contributed by atoms with Crippen molar-refractivity contribution in [1.29, 1.82) is 0 Å². The summed E-state index contributed by atoms with van der Waals surface area (Å²) in [6.07, 6.45) is 2.62. The Morgan fingerprint density at radius 2 is 1.14 bits per heavy atom. The van der Waals surface area contributed by atoms with Gasteiger partial charge in [-0.2, -0.15) is 0 Å². The number of phenolic OH excluding ortho intramolecular Hbond substituents is 2. The SMILES string of the molecule is O=C(c1ccccc1)c1ccc(O)c(O)c1.O=C1C=CC(=O)c2ccccc21. The van der Waals surface area contributed by atoms with Crippen molar-refractivity contribution in [1.82, 2.24) is 0 Å². The number of phenols is 2. The van der Waals surface area contributed by atoms with Crippen LogP contribution in [0.15, 0.2) is 84.9 Å². The fraction of sp³-hybridized carbons (Fsp3) is 0. The van der Waals surface area contributed by atoms with E-state index in [1.54, 1.807) is 48.5 Å². The van der Waals surface area contributed by atoms with Crippen molar-refractivity contribution in [2.75, 3.05) is 0 Å². The Morgan fingerprint density at radius 1 is 0.607 bits per heavy atom. The second kappa shape index (κ2) is 8.14. The summed E-state index contributed by atoms with van der Waals surface area (Å²) in [5, 5.41) is 18.4. The quantitative estimate of drug-likeness (QED) is 0.525. The van der Waals surface area contributed by atoms with E-state index < -0.39 is 0 Å². The Labute approximate surface area is 161 Å². The molecule has 28 heavy (non-hydrogen) atoms. The van der Waals surface area contributed by atoms with E-state index in [2.05, 4.69) is 0 Å². The van der Waals surface area contributed by atoms with Crippen molar-refractivity contribution in [3.63, 3.8) is 0 Å². The molecule has 0 bridgehead atoms. The van der Waals surface area contributed by atoms with E-state index >= 15 is 0 Å². The van der Waals surface area contributed by atoms with E-state index in [4.69, 9.17) is 5.11 Å². The van der Waals surface area contributed by atoms with Gasteiger partial charge in [0.15, 0.2) is 28.8 Å². The summed E-state index contributed by atoms with van der Waals surface area (Å²) in [6.45, 7) is 0. The Morgan fingerprint density at radius 3 is 1.68 bits per heavy atom. The van der Waals surface area contributed by atoms with E-state index in [1.165, 1.54) is 30.4 Å². The lowest BCUT2D eigenvalue weighted by molar-refractivity contribution is 0.0994. The highest BCUT2D eigenvalue weighted by Crippen LogP contribution is 2.26. The molecule has 0 amide bonds. The third kappa shape index (κ3) is 4.04. The fourth-order valence-corrected chi connectivity index (χ4v) is 2.66. The van der Waals surface area contributed by atoms with Crippen LogP contribution >= 0.6 is 0 Å². The maximum absolute atomic E-state index is 11.9. The monoisotopic (exact) mass is 372 g/mol. The van der Waals surface area contributed by atoms with Gasteiger partial charge in [-0.05, 0) is 30.4 Å². The summed E-state index contributed by atoms with van der Waals surface area (Å²) in [5.74, 6) is -0.891. The molecular formula is C23H16O5. The molecule has 0 aromatic heterocycles. The number of carbonyl (C=O) groups excluding carboxylic acids is 3. The molecule has 4 rings (SSSR count). The summed E-state index contributed by atoms with van der Waals surface area (Å²) >= 11 is 0. The molecule has 1 aliphatic rings. The van der Waals surface area contributed by atoms with Crippen LogP contribution in [0.2, 0.25) is 0 Å². The number of benzene rings is 3. The van der Waals surface area contributed by atoms with Gasteiger partial charge in [0.1, 0.15) is 0 Å². The first-order valence-electron chi connectivity index (χ1n) is 8.45. The lowest BCUT2D eigenvalue weighted by atomic mass is 9.95. The molecule has 0 saturated carbocycles. The molecule has 2 N–H and O–H groups in total. The van der Waals surface area contributed by atoms with E-state index in [1.807, 2.05) is 6.07 Å². The smallest absolute Gasteiger partial charge is 0.193 e. The third-order valence-electron chi connectivity index (χ3n) is 4.12. The maximum atomic E-state index is 11.9. The number of carbonyl (C=O) groups is 3. The minimum Gasteiger partial charge on any atom is -0.504 e. The molecule has 0 aliphatic heterocycles. The molecule has 0 atom stereocenters. The molecule has 0 unspecified atom stereocenters. The van der Waals surface area contributed by atoms with Crippen LogP contribution in [0.5, 0.6) is 11.5 Å². The van der Waals surface area contributed by atoms with Gasteiger partial charge in [0, 0.05) is 22.3 Å². The average molecular weight is 372 g/mol. The summed E-state index contributed by atoms with van der Waals surface area (Å²) in [6, 6.07) is 19.6. The van der Waals surface area contributed by atoms with Crippen LogP contribution in [-0.4, -0.2) is 27.6 Å². The second-order valence-corrected chi connectivity index (χ2v) is 6.01. The number of aromatic hydroxyl groups is 2. The largest absolute Gasteiger partial charge is 0.504 e. The van der Waals surface area contributed by atoms with E-state index in [-0.39, 0.29) is 28.8 Å². The first kappa shape index (κ1) is 18.8. The van der Waals surface area contributed by atoms with E-state index in [0.717, 1.165) is 0 Å². The predicted octanol–water partition coefficient (Wildman–Crippen LogP) is 3.95. The first-order valence-corrected chi connectivity index (χ1v) is 8.45. The topological polar surface area (TPSA) is 91.7 Å². The van der Waals surface area contributed by atoms with E-state index in [9.17, 15) is 19.5 Å².